The summed E-state index contributed by atoms with van der Waals surface area (Å²) < 4.78 is 21.3. The number of likely N-dealkylation sites (tertiary alicyclic amines) is 1. The molecule has 1 aromatic heterocycles. The Balaban J connectivity index is 0.00000361. The van der Waals surface area contributed by atoms with E-state index in [1.165, 1.54) is 22.5 Å². The fourth-order valence-corrected chi connectivity index (χ4v) is 5.38. The highest BCUT2D eigenvalue weighted by atomic mass is 35.5. The Labute approximate surface area is 220 Å². The first-order chi connectivity index (χ1) is 16.9. The average Bonchev–Trinajstić information content (AvgIpc) is 3.58. The van der Waals surface area contributed by atoms with Crippen LogP contribution in [0.3, 0.4) is 0 Å². The van der Waals surface area contributed by atoms with Crippen LogP contribution in [-0.2, 0) is 25.7 Å². The third kappa shape index (κ3) is 7.05. The summed E-state index contributed by atoms with van der Waals surface area (Å²) >= 11 is 1.26. The molecule has 2 fully saturated rings. The predicted octanol–water partition coefficient (Wildman–Crippen LogP) is 4.46. The number of halogens is 2. The van der Waals surface area contributed by atoms with E-state index in [1.54, 1.807) is 44.3 Å². The van der Waals surface area contributed by atoms with Crippen LogP contribution in [0.5, 0.6) is 0 Å². The largest absolute Gasteiger partial charge is 0.465 e. The molecule has 36 heavy (non-hydrogen) atoms. The first kappa shape index (κ1) is 28.1. The van der Waals surface area contributed by atoms with Crippen molar-refractivity contribution in [1.82, 2.24) is 14.7 Å². The molecule has 1 aromatic carbocycles. The van der Waals surface area contributed by atoms with Crippen molar-refractivity contribution in [3.05, 3.63) is 59.2 Å². The molecule has 2 heterocycles. The lowest BCUT2D eigenvalue weighted by atomic mass is 9.93. The van der Waals surface area contributed by atoms with E-state index in [9.17, 15) is 18.8 Å². The maximum atomic E-state index is 14.8. The van der Waals surface area contributed by atoms with Crippen LogP contribution in [0.1, 0.15) is 50.4 Å². The first-order valence-electron chi connectivity index (χ1n) is 11.9. The molecule has 4 rings (SSSR count). The molecule has 0 amide bonds. The minimum Gasteiger partial charge on any atom is -0.465 e. The average molecular weight is 536 g/mol. The number of hydrogen-bond acceptors (Lipinski definition) is 7. The molecular formula is C26H31ClFN3O4S. The Kier molecular flexibility index (Phi) is 9.87. The molecule has 1 saturated carbocycles. The van der Waals surface area contributed by atoms with Crippen molar-refractivity contribution in [3.8, 4) is 0 Å². The standard InChI is InChI=1S/C26H30FN3O4S.ClH/c1-3-34-24(32)16-30-13-10-20(28-30)14-19-15-29(12-11-23(19)35-17(2)31)25(26(33)18-8-9-18)21-6-4-5-7-22(21)27;/h4-7,10,13-14,18,23,25H,3,8-9,11-12,15-16H2,1-2H3;1H. The highest BCUT2D eigenvalue weighted by Crippen LogP contribution is 2.40. The van der Waals surface area contributed by atoms with Gasteiger partial charge in [0.15, 0.2) is 10.9 Å². The van der Waals surface area contributed by atoms with E-state index < -0.39 is 6.04 Å². The maximum Gasteiger partial charge on any atom is 0.327 e. The van der Waals surface area contributed by atoms with Crippen LogP contribution in [0, 0.1) is 11.7 Å². The summed E-state index contributed by atoms with van der Waals surface area (Å²) in [5.74, 6) is -0.703. The fraction of sp³-hybridized carbons (Fsp3) is 0.462. The second-order valence-corrected chi connectivity index (χ2v) is 10.3. The van der Waals surface area contributed by atoms with Crippen LogP contribution >= 0.6 is 24.2 Å². The lowest BCUT2D eigenvalue weighted by Gasteiger charge is -2.38. The lowest BCUT2D eigenvalue weighted by molar-refractivity contribution is -0.144. The Morgan fingerprint density at radius 3 is 2.64 bits per heavy atom. The molecule has 0 spiro atoms. The number of carbonyl (C=O) groups excluding carboxylic acids is 3. The topological polar surface area (TPSA) is 81.5 Å². The SMILES string of the molecule is CCOC(=O)Cn1ccc(C=C2CN(C(C(=O)C3CC3)c3ccccc3F)CCC2SC(C)=O)n1.Cl. The molecule has 1 aliphatic heterocycles. The van der Waals surface area contributed by atoms with Gasteiger partial charge in [-0.3, -0.25) is 24.0 Å². The smallest absolute Gasteiger partial charge is 0.327 e. The molecule has 1 aliphatic carbocycles. The number of carbonyl (C=O) groups is 3. The summed E-state index contributed by atoms with van der Waals surface area (Å²) in [5.41, 5.74) is 2.00. The van der Waals surface area contributed by atoms with Crippen LogP contribution in [0.2, 0.25) is 0 Å². The molecule has 7 nitrogen and oxygen atoms in total. The number of rotatable bonds is 9. The van der Waals surface area contributed by atoms with Gasteiger partial charge >= 0.3 is 5.97 Å². The number of aromatic nitrogens is 2. The van der Waals surface area contributed by atoms with Gasteiger partial charge in [0.1, 0.15) is 12.4 Å². The van der Waals surface area contributed by atoms with Crippen LogP contribution in [-0.4, -0.2) is 56.5 Å². The quantitative estimate of drug-likeness (QED) is 0.438. The van der Waals surface area contributed by atoms with E-state index in [-0.39, 0.29) is 52.8 Å². The molecule has 194 valence electrons. The number of ether oxygens (including phenoxy) is 1. The van der Waals surface area contributed by atoms with E-state index in [0.717, 1.165) is 18.4 Å². The molecule has 2 atom stereocenters. The summed E-state index contributed by atoms with van der Waals surface area (Å²) in [4.78, 5) is 39.0. The Morgan fingerprint density at radius 2 is 1.97 bits per heavy atom. The van der Waals surface area contributed by atoms with Gasteiger partial charge in [-0.05, 0) is 50.0 Å². The van der Waals surface area contributed by atoms with Crippen LogP contribution in [0.15, 0.2) is 42.1 Å². The molecule has 2 unspecified atom stereocenters. The van der Waals surface area contributed by atoms with Gasteiger partial charge in [-0.2, -0.15) is 5.10 Å². The molecular weight excluding hydrogens is 505 g/mol. The molecule has 2 aliphatic rings. The van der Waals surface area contributed by atoms with Crippen LogP contribution in [0.25, 0.3) is 6.08 Å². The molecule has 2 aromatic rings. The van der Waals surface area contributed by atoms with Gasteiger partial charge in [0.25, 0.3) is 0 Å². The maximum absolute atomic E-state index is 14.8. The van der Waals surface area contributed by atoms with Crippen molar-refractivity contribution in [1.29, 1.82) is 0 Å². The third-order valence-electron chi connectivity index (χ3n) is 6.19. The minimum absolute atomic E-state index is 0. The van der Waals surface area contributed by atoms with Crippen molar-refractivity contribution in [2.45, 2.75) is 50.9 Å². The van der Waals surface area contributed by atoms with Gasteiger partial charge in [-0.1, -0.05) is 30.0 Å². The minimum atomic E-state index is -0.656. The van der Waals surface area contributed by atoms with Gasteiger partial charge in [0.05, 0.1) is 18.3 Å². The number of Topliss-reactive ketones (excluding diaryl/α,β-unsaturated/α-hetero) is 1. The summed E-state index contributed by atoms with van der Waals surface area (Å²) in [5, 5.41) is 4.41. The van der Waals surface area contributed by atoms with Gasteiger partial charge in [0.2, 0.25) is 0 Å². The number of piperidine rings is 1. The van der Waals surface area contributed by atoms with Gasteiger partial charge in [-0.15, -0.1) is 12.4 Å². The predicted molar refractivity (Wildman–Crippen MR) is 139 cm³/mol. The van der Waals surface area contributed by atoms with Gasteiger partial charge in [-0.25, -0.2) is 4.39 Å². The highest BCUT2D eigenvalue weighted by Gasteiger charge is 2.41. The second kappa shape index (κ2) is 12.7. The molecule has 0 bridgehead atoms. The summed E-state index contributed by atoms with van der Waals surface area (Å²) in [6.45, 7) is 4.62. The molecule has 0 N–H and O–H groups in total. The number of hydrogen-bond donors (Lipinski definition) is 0. The van der Waals surface area contributed by atoms with Gasteiger partial charge in [0, 0.05) is 42.9 Å². The number of esters is 1. The zero-order valence-corrected chi connectivity index (χ0v) is 22.0. The van der Waals surface area contributed by atoms with E-state index in [2.05, 4.69) is 5.10 Å². The van der Waals surface area contributed by atoms with Crippen molar-refractivity contribution >= 4 is 47.1 Å². The number of ketones is 1. The monoisotopic (exact) mass is 535 g/mol. The first-order valence-corrected chi connectivity index (χ1v) is 12.8. The van der Waals surface area contributed by atoms with E-state index in [1.807, 2.05) is 11.0 Å². The Morgan fingerprint density at radius 1 is 1.22 bits per heavy atom. The Bertz CT molecular complexity index is 1130. The number of nitrogens with zero attached hydrogens (tertiary/aromatic N) is 3. The van der Waals surface area contributed by atoms with Crippen molar-refractivity contribution in [2.24, 2.45) is 5.92 Å². The van der Waals surface area contributed by atoms with E-state index in [0.29, 0.717) is 37.4 Å². The molecule has 1 saturated heterocycles. The highest BCUT2D eigenvalue weighted by molar-refractivity contribution is 8.14. The van der Waals surface area contributed by atoms with Crippen LogP contribution in [0.4, 0.5) is 4.39 Å². The third-order valence-corrected chi connectivity index (χ3v) is 7.35. The summed E-state index contributed by atoms with van der Waals surface area (Å²) in [7, 11) is 0. The second-order valence-electron chi connectivity index (χ2n) is 8.92. The zero-order valence-electron chi connectivity index (χ0n) is 20.4. The molecule has 10 heteroatoms. The van der Waals surface area contributed by atoms with E-state index >= 15 is 0 Å². The van der Waals surface area contributed by atoms with Crippen molar-refractivity contribution in [2.75, 3.05) is 19.7 Å². The number of thioether (sulfide) groups is 1. The zero-order chi connectivity index (χ0) is 24.9. The Hall–Kier alpha value is -2.49. The lowest BCUT2D eigenvalue weighted by Crippen LogP contribution is -2.43. The van der Waals surface area contributed by atoms with E-state index in [4.69, 9.17) is 4.74 Å². The van der Waals surface area contributed by atoms with Crippen LogP contribution < -0.4 is 0 Å². The summed E-state index contributed by atoms with van der Waals surface area (Å²) in [6, 6.07) is 7.62. The normalized spacial score (nSPS) is 20.0. The molecule has 0 radical (unpaired) electrons. The van der Waals surface area contributed by atoms with Crippen molar-refractivity contribution < 1.29 is 23.5 Å². The summed E-state index contributed by atoms with van der Waals surface area (Å²) in [6.07, 6.45) is 5.97. The van der Waals surface area contributed by atoms with Crippen molar-refractivity contribution in [3.63, 3.8) is 0 Å². The fourth-order valence-electron chi connectivity index (χ4n) is 4.47. The number of benzene rings is 1. The van der Waals surface area contributed by atoms with Gasteiger partial charge < -0.3 is 4.74 Å².